The van der Waals surface area contributed by atoms with Crippen LogP contribution in [0.2, 0.25) is 0 Å². The lowest BCUT2D eigenvalue weighted by Gasteiger charge is -2.32. The van der Waals surface area contributed by atoms with Crippen LogP contribution < -0.4 is 11.2 Å². The Bertz CT molecular complexity index is 564. The van der Waals surface area contributed by atoms with Crippen LogP contribution in [-0.4, -0.2) is 22.9 Å². The van der Waals surface area contributed by atoms with Crippen LogP contribution in [-0.2, 0) is 16.3 Å². The van der Waals surface area contributed by atoms with Gasteiger partial charge in [0.25, 0.3) is 0 Å². The molecule has 0 aromatic carbocycles. The van der Waals surface area contributed by atoms with Gasteiger partial charge in [0.05, 0.1) is 16.8 Å². The van der Waals surface area contributed by atoms with E-state index in [-0.39, 0.29) is 5.59 Å². The number of nitrogens with zero attached hydrogens (tertiary/aromatic N) is 1. The second-order valence-electron chi connectivity index (χ2n) is 5.21. The second-order valence-corrected chi connectivity index (χ2v) is 5.21. The first-order chi connectivity index (χ1) is 8.96. The number of aromatic nitrogens is 1. The summed E-state index contributed by atoms with van der Waals surface area (Å²) in [5.74, 6) is 0. The highest BCUT2D eigenvalue weighted by Crippen LogP contribution is 2.36. The van der Waals surface area contributed by atoms with Crippen LogP contribution in [0.3, 0.4) is 0 Å². The Balaban J connectivity index is 2.52. The van der Waals surface area contributed by atoms with Crippen molar-refractivity contribution in [1.82, 2.24) is 4.57 Å². The maximum atomic E-state index is 11.9. The molecule has 0 aliphatic carbocycles. The van der Waals surface area contributed by atoms with Gasteiger partial charge < -0.3 is 13.9 Å². The molecule has 2 heterocycles. The van der Waals surface area contributed by atoms with Gasteiger partial charge in [0, 0.05) is 17.2 Å². The van der Waals surface area contributed by atoms with Crippen LogP contribution in [0, 0.1) is 0 Å². The number of hydrogen-bond donors (Lipinski definition) is 0. The van der Waals surface area contributed by atoms with Gasteiger partial charge in [-0.2, -0.15) is 0 Å². The van der Waals surface area contributed by atoms with Gasteiger partial charge in [-0.3, -0.25) is 4.79 Å². The van der Waals surface area contributed by atoms with E-state index in [1.165, 1.54) is 18.2 Å². The summed E-state index contributed by atoms with van der Waals surface area (Å²) >= 11 is 0. The van der Waals surface area contributed by atoms with Gasteiger partial charge in [0.1, 0.15) is 0 Å². The summed E-state index contributed by atoms with van der Waals surface area (Å²) in [4.78, 5) is 11.9. The molecule has 2 rings (SSSR count). The summed E-state index contributed by atoms with van der Waals surface area (Å²) in [7, 11) is -0.880. The Morgan fingerprint density at radius 2 is 1.82 bits per heavy atom. The van der Waals surface area contributed by atoms with Gasteiger partial charge >= 0.3 is 7.12 Å². The molecule has 0 N–H and O–H groups in total. The lowest BCUT2D eigenvalue weighted by molar-refractivity contribution is 0.00578. The van der Waals surface area contributed by atoms with Crippen LogP contribution in [0.25, 0.3) is 0 Å². The van der Waals surface area contributed by atoms with Crippen LogP contribution in [0.5, 0.6) is 0 Å². The summed E-state index contributed by atoms with van der Waals surface area (Å²) in [5.41, 5.74) is -1.58. The maximum absolute atomic E-state index is 11.9. The third-order valence-electron chi connectivity index (χ3n) is 3.48. The molecular formula is C12H18BNO3. The van der Waals surface area contributed by atoms with Crippen molar-refractivity contribution in [2.75, 3.05) is 0 Å². The lowest BCUT2D eigenvalue weighted by Crippen LogP contribution is -2.44. The van der Waals surface area contributed by atoms with Crippen molar-refractivity contribution in [2.24, 2.45) is 6.98 Å². The van der Waals surface area contributed by atoms with Gasteiger partial charge in [-0.25, -0.2) is 0 Å². The van der Waals surface area contributed by atoms with Crippen molar-refractivity contribution >= 4 is 12.7 Å². The van der Waals surface area contributed by atoms with Crippen molar-refractivity contribution in [3.05, 3.63) is 28.6 Å². The predicted octanol–water partition coefficient (Wildman–Crippen LogP) is 0.685. The Morgan fingerprint density at radius 1 is 1.24 bits per heavy atom. The van der Waals surface area contributed by atoms with Gasteiger partial charge in [0.15, 0.2) is 0 Å². The third-order valence-corrected chi connectivity index (χ3v) is 3.48. The topological polar surface area (TPSA) is 40.5 Å². The third kappa shape index (κ3) is 1.94. The molecule has 1 fully saturated rings. The molecule has 1 aliphatic heterocycles. The van der Waals surface area contributed by atoms with Gasteiger partial charge in [-0.1, -0.05) is 6.07 Å². The Labute approximate surface area is 106 Å². The Morgan fingerprint density at radius 3 is 2.35 bits per heavy atom. The minimum atomic E-state index is -2.57. The first kappa shape index (κ1) is 8.94. The zero-order valence-corrected chi connectivity index (χ0v) is 10.5. The number of rotatable bonds is 1. The molecule has 4 nitrogen and oxygen atoms in total. The van der Waals surface area contributed by atoms with E-state index < -0.39 is 30.9 Å². The molecule has 5 heteroatoms. The molecule has 0 atom stereocenters. The highest BCUT2D eigenvalue weighted by molar-refractivity contribution is 6.61. The molecule has 0 radical (unpaired) electrons. The molecule has 1 aliphatic rings. The Hall–Kier alpha value is -1.07. The number of hydrogen-bond acceptors (Lipinski definition) is 3. The fraction of sp³-hybridized carbons (Fsp3) is 0.583. The highest BCUT2D eigenvalue weighted by atomic mass is 16.7. The van der Waals surface area contributed by atoms with E-state index in [0.29, 0.717) is 0 Å². The van der Waals surface area contributed by atoms with E-state index in [1.807, 2.05) is 27.7 Å². The molecule has 1 saturated heterocycles. The summed E-state index contributed by atoms with van der Waals surface area (Å²) < 4.78 is 34.9. The minimum absolute atomic E-state index is 0.205. The van der Waals surface area contributed by atoms with E-state index in [1.54, 1.807) is 0 Å². The molecule has 0 spiro atoms. The molecule has 1 aromatic rings. The van der Waals surface area contributed by atoms with Gasteiger partial charge in [0.2, 0.25) is 5.56 Å². The standard InChI is InChI=1S/C12H18BNO3/c1-11(2)12(3,4)17-13(16-11)9-7-6-8-10(15)14(9)5/h6-8H,1-5H3/i5D3. The van der Waals surface area contributed by atoms with Crippen LogP contribution in [0.4, 0.5) is 0 Å². The normalized spacial score (nSPS) is 25.2. The maximum Gasteiger partial charge on any atom is 0.512 e. The predicted molar refractivity (Wildman–Crippen MR) is 67.4 cm³/mol. The van der Waals surface area contributed by atoms with E-state index in [2.05, 4.69) is 0 Å². The van der Waals surface area contributed by atoms with Crippen molar-refractivity contribution in [1.29, 1.82) is 0 Å². The fourth-order valence-electron chi connectivity index (χ4n) is 1.65. The Kier molecular flexibility index (Phi) is 1.96. The fourth-order valence-corrected chi connectivity index (χ4v) is 1.65. The lowest BCUT2D eigenvalue weighted by atomic mass is 9.84. The SMILES string of the molecule is [2H]C([2H])([2H])n1c(B2OC(C)(C)C(C)(C)O2)cccc1=O. The molecule has 0 unspecified atom stereocenters. The van der Waals surface area contributed by atoms with E-state index in [9.17, 15) is 4.79 Å². The van der Waals surface area contributed by atoms with Gasteiger partial charge in [-0.15, -0.1) is 0 Å². The van der Waals surface area contributed by atoms with E-state index >= 15 is 0 Å². The molecule has 0 bridgehead atoms. The van der Waals surface area contributed by atoms with Crippen LogP contribution in [0.15, 0.2) is 23.0 Å². The molecule has 17 heavy (non-hydrogen) atoms. The largest absolute Gasteiger partial charge is 0.512 e. The summed E-state index contributed by atoms with van der Waals surface area (Å²) in [6.45, 7) is 4.90. The second kappa shape index (κ2) is 3.72. The van der Waals surface area contributed by atoms with Crippen molar-refractivity contribution in [3.8, 4) is 0 Å². The first-order valence-corrected chi connectivity index (χ1v) is 5.54. The average molecular weight is 238 g/mol. The van der Waals surface area contributed by atoms with E-state index in [4.69, 9.17) is 13.4 Å². The van der Waals surface area contributed by atoms with Gasteiger partial charge in [-0.05, 0) is 33.8 Å². The smallest absolute Gasteiger partial charge is 0.398 e. The molecular weight excluding hydrogens is 217 g/mol. The summed E-state index contributed by atoms with van der Waals surface area (Å²) in [6.07, 6.45) is 0. The summed E-state index contributed by atoms with van der Waals surface area (Å²) in [5, 5.41) is 0. The van der Waals surface area contributed by atoms with Crippen LogP contribution in [0.1, 0.15) is 31.8 Å². The zero-order valence-electron chi connectivity index (χ0n) is 13.5. The van der Waals surface area contributed by atoms with Crippen molar-refractivity contribution < 1.29 is 13.4 Å². The molecule has 1 aromatic heterocycles. The zero-order chi connectivity index (χ0) is 15.3. The van der Waals surface area contributed by atoms with Crippen LogP contribution >= 0.6 is 0 Å². The monoisotopic (exact) mass is 238 g/mol. The van der Waals surface area contributed by atoms with Crippen molar-refractivity contribution in [3.63, 3.8) is 0 Å². The first-order valence-electron chi connectivity index (χ1n) is 7.04. The van der Waals surface area contributed by atoms with E-state index in [0.717, 1.165) is 4.57 Å². The summed E-state index contributed by atoms with van der Waals surface area (Å²) in [6, 6.07) is 4.25. The average Bonchev–Trinajstić information content (AvgIpc) is 2.46. The molecule has 0 amide bonds. The number of pyridine rings is 1. The highest BCUT2D eigenvalue weighted by Gasteiger charge is 2.52. The van der Waals surface area contributed by atoms with Crippen molar-refractivity contribution in [2.45, 2.75) is 38.9 Å². The quantitative estimate of drug-likeness (QED) is 0.675. The minimum Gasteiger partial charge on any atom is -0.398 e. The molecule has 0 saturated carbocycles. The molecule has 92 valence electrons.